The van der Waals surface area contributed by atoms with E-state index in [9.17, 15) is 19.7 Å². The molecule has 0 bridgehead atoms. The predicted molar refractivity (Wildman–Crippen MR) is 86.3 cm³/mol. The van der Waals surface area contributed by atoms with Crippen molar-refractivity contribution >= 4 is 31.5 Å². The van der Waals surface area contributed by atoms with Gasteiger partial charge >= 0.3 is 19.1 Å². The second-order valence-electron chi connectivity index (χ2n) is 5.67. The number of aliphatic carboxylic acids is 1. The molecule has 2 aliphatic heterocycles. The predicted octanol–water partition coefficient (Wildman–Crippen LogP) is 0.370. The van der Waals surface area contributed by atoms with Crippen molar-refractivity contribution in [1.29, 1.82) is 0 Å². The maximum Gasteiger partial charge on any atom is 0.522 e. The first kappa shape index (κ1) is 18.4. The van der Waals surface area contributed by atoms with Crippen LogP contribution in [0.25, 0.3) is 0 Å². The van der Waals surface area contributed by atoms with E-state index in [2.05, 4.69) is 0 Å². The van der Waals surface area contributed by atoms with E-state index < -0.39 is 19.1 Å². The number of benzene rings is 1. The van der Waals surface area contributed by atoms with E-state index in [0.29, 0.717) is 25.8 Å². The summed E-state index contributed by atoms with van der Waals surface area (Å²) in [7, 11) is -1.02. The largest absolute Gasteiger partial charge is 0.535 e. The number of carboxylic acid groups (broad SMARTS) is 2. The van der Waals surface area contributed by atoms with Gasteiger partial charge in [-0.15, -0.1) is 12.4 Å². The van der Waals surface area contributed by atoms with Gasteiger partial charge in [0.15, 0.2) is 0 Å². The van der Waals surface area contributed by atoms with Crippen LogP contribution in [0.5, 0.6) is 11.5 Å². The van der Waals surface area contributed by atoms with Crippen LogP contribution in [0.1, 0.15) is 15.9 Å². The lowest BCUT2D eigenvalue weighted by atomic mass is 9.78. The molecule has 3 N–H and O–H groups in total. The third-order valence-corrected chi connectivity index (χ3v) is 3.91. The van der Waals surface area contributed by atoms with Gasteiger partial charge in [-0.25, -0.2) is 4.79 Å². The minimum atomic E-state index is -1.19. The fourth-order valence-corrected chi connectivity index (χ4v) is 2.81. The van der Waals surface area contributed by atoms with E-state index in [0.717, 1.165) is 5.56 Å². The molecule has 2 aliphatic rings. The van der Waals surface area contributed by atoms with E-state index in [-0.39, 0.29) is 42.1 Å². The highest BCUT2D eigenvalue weighted by Gasteiger charge is 2.34. The molecule has 1 aromatic rings. The number of halogens is 1. The first-order chi connectivity index (χ1) is 10.9. The number of fused-ring (bicyclic) bond motifs is 1. The number of rotatable bonds is 5. The lowest BCUT2D eigenvalue weighted by Crippen LogP contribution is -2.55. The Morgan fingerprint density at radius 2 is 2.04 bits per heavy atom. The Bertz CT molecular complexity index is 650. The van der Waals surface area contributed by atoms with Crippen molar-refractivity contribution in [2.45, 2.75) is 18.8 Å². The third-order valence-electron chi connectivity index (χ3n) is 3.91. The average Bonchev–Trinajstić information content (AvgIpc) is 2.43. The molecule has 0 amide bonds. The van der Waals surface area contributed by atoms with Crippen molar-refractivity contribution in [3.63, 3.8) is 0 Å². The van der Waals surface area contributed by atoms with Crippen molar-refractivity contribution in [3.05, 3.63) is 23.3 Å². The van der Waals surface area contributed by atoms with Crippen LogP contribution in [0, 0.1) is 0 Å². The van der Waals surface area contributed by atoms with E-state index in [1.165, 1.54) is 0 Å². The summed E-state index contributed by atoms with van der Waals surface area (Å²) in [5.74, 6) is -1.78. The molecule has 3 rings (SSSR count). The van der Waals surface area contributed by atoms with Crippen molar-refractivity contribution in [3.8, 4) is 11.5 Å². The van der Waals surface area contributed by atoms with Gasteiger partial charge < -0.3 is 24.6 Å². The highest BCUT2D eigenvalue weighted by molar-refractivity contribution is 6.44. The smallest absolute Gasteiger partial charge is 0.522 e. The summed E-state index contributed by atoms with van der Waals surface area (Å²) in [5.41, 5.74) is 0.624. The molecule has 0 saturated carbocycles. The monoisotopic (exact) mass is 357 g/mol. The van der Waals surface area contributed by atoms with Crippen LogP contribution >= 0.6 is 12.4 Å². The van der Waals surface area contributed by atoms with Gasteiger partial charge in [0.05, 0.1) is 6.54 Å². The van der Waals surface area contributed by atoms with Crippen LogP contribution < -0.4 is 9.39 Å². The van der Waals surface area contributed by atoms with Crippen LogP contribution in [0.2, 0.25) is 6.32 Å². The number of likely N-dealkylation sites (tertiary alicyclic amines) is 1. The zero-order valence-electron chi connectivity index (χ0n) is 12.7. The second kappa shape index (κ2) is 7.29. The molecule has 10 heteroatoms. The molecule has 0 radical (unpaired) electrons. The topological polar surface area (TPSA) is 117 Å². The first-order valence-electron chi connectivity index (χ1n) is 7.28. The Hall–Kier alpha value is -1.97. The molecule has 130 valence electrons. The number of carboxylic acids is 2. The highest BCUT2D eigenvalue weighted by Crippen LogP contribution is 2.37. The Kier molecular flexibility index (Phi) is 5.58. The Balaban J connectivity index is 0.00000208. The molecule has 0 atom stereocenters. The molecule has 8 nitrogen and oxygen atoms in total. The fourth-order valence-electron chi connectivity index (χ4n) is 2.81. The zero-order chi connectivity index (χ0) is 16.6. The summed E-state index contributed by atoms with van der Waals surface area (Å²) in [5, 5.41) is 27.7. The summed E-state index contributed by atoms with van der Waals surface area (Å²) in [6.45, 7) is 0.781. The maximum atomic E-state index is 11.6. The molecular weight excluding hydrogens is 340 g/mol. The second-order valence-corrected chi connectivity index (χ2v) is 5.67. The van der Waals surface area contributed by atoms with Crippen LogP contribution in [0.15, 0.2) is 12.1 Å². The van der Waals surface area contributed by atoms with Gasteiger partial charge in [0.25, 0.3) is 0 Å². The summed E-state index contributed by atoms with van der Waals surface area (Å²) >= 11 is 0. The number of hydrogen-bond donors (Lipinski definition) is 3. The summed E-state index contributed by atoms with van der Waals surface area (Å²) in [6, 6.07) is 3.32. The Labute approximate surface area is 144 Å². The first-order valence-corrected chi connectivity index (χ1v) is 7.28. The summed E-state index contributed by atoms with van der Waals surface area (Å²) in [4.78, 5) is 23.9. The zero-order valence-corrected chi connectivity index (χ0v) is 13.5. The number of aromatic carboxylic acids is 1. The molecular formula is C14H17BClNO7. The number of aryl methyl sites for hydroxylation is 1. The van der Waals surface area contributed by atoms with Crippen LogP contribution in [0.3, 0.4) is 0 Å². The van der Waals surface area contributed by atoms with Crippen molar-refractivity contribution in [2.75, 3.05) is 19.6 Å². The van der Waals surface area contributed by atoms with Gasteiger partial charge in [-0.2, -0.15) is 0 Å². The lowest BCUT2D eigenvalue weighted by Gasteiger charge is -2.38. The Morgan fingerprint density at radius 3 is 2.67 bits per heavy atom. The minimum Gasteiger partial charge on any atom is -0.535 e. The van der Waals surface area contributed by atoms with Crippen molar-refractivity contribution in [1.82, 2.24) is 4.90 Å². The van der Waals surface area contributed by atoms with Gasteiger partial charge in [0.1, 0.15) is 23.2 Å². The third kappa shape index (κ3) is 3.74. The summed E-state index contributed by atoms with van der Waals surface area (Å²) < 4.78 is 11.0. The molecule has 0 aliphatic carbocycles. The van der Waals surface area contributed by atoms with Gasteiger partial charge in [-0.1, -0.05) is 6.07 Å². The standard InChI is InChI=1S/C14H16BNO7.ClH/c17-11(18)7-16-5-9(6-16)22-10-2-1-8-3-4-15(21)23-13(8)12(10)14(19)20;/h1-2,9,21H,3-7H2,(H,17,18)(H,19,20);1H. The molecule has 0 spiro atoms. The lowest BCUT2D eigenvalue weighted by molar-refractivity contribution is -0.140. The van der Waals surface area contributed by atoms with Gasteiger partial charge in [-0.3, -0.25) is 9.69 Å². The molecule has 0 unspecified atom stereocenters. The molecule has 24 heavy (non-hydrogen) atoms. The van der Waals surface area contributed by atoms with Gasteiger partial charge in [-0.05, 0) is 24.4 Å². The molecule has 1 aromatic carbocycles. The fraction of sp³-hybridized carbons (Fsp3) is 0.429. The maximum absolute atomic E-state index is 11.6. The summed E-state index contributed by atoms with van der Waals surface area (Å²) in [6.07, 6.45) is 0.686. The molecule has 2 heterocycles. The van der Waals surface area contributed by atoms with E-state index in [1.807, 2.05) is 0 Å². The molecule has 1 fully saturated rings. The number of carbonyl (C=O) groups is 2. The minimum absolute atomic E-state index is 0. The van der Waals surface area contributed by atoms with Crippen LogP contribution in [-0.2, 0) is 11.2 Å². The quantitative estimate of drug-likeness (QED) is 0.647. The van der Waals surface area contributed by atoms with Crippen LogP contribution in [-0.4, -0.2) is 64.9 Å². The van der Waals surface area contributed by atoms with Crippen LogP contribution in [0.4, 0.5) is 0 Å². The van der Waals surface area contributed by atoms with Crippen molar-refractivity contribution < 1.29 is 34.2 Å². The average molecular weight is 358 g/mol. The van der Waals surface area contributed by atoms with Crippen molar-refractivity contribution in [2.24, 2.45) is 0 Å². The van der Waals surface area contributed by atoms with E-state index >= 15 is 0 Å². The molecule has 1 saturated heterocycles. The normalized spacial score (nSPS) is 17.1. The van der Waals surface area contributed by atoms with Gasteiger partial charge in [0.2, 0.25) is 0 Å². The van der Waals surface area contributed by atoms with Gasteiger partial charge in [0, 0.05) is 13.1 Å². The number of ether oxygens (including phenoxy) is 1. The number of nitrogens with zero attached hydrogens (tertiary/aromatic N) is 1. The highest BCUT2D eigenvalue weighted by atomic mass is 35.5. The Morgan fingerprint density at radius 1 is 1.33 bits per heavy atom. The SMILES string of the molecule is Cl.O=C(O)CN1CC(Oc2ccc3c(c2C(=O)O)OB(O)CC3)C1. The van der Waals surface area contributed by atoms with E-state index in [1.54, 1.807) is 17.0 Å². The molecule has 0 aromatic heterocycles. The van der Waals surface area contributed by atoms with E-state index in [4.69, 9.17) is 14.5 Å². The number of hydrogen-bond acceptors (Lipinski definition) is 6.